The Balaban J connectivity index is 1.49. The molecule has 0 bridgehead atoms. The van der Waals surface area contributed by atoms with E-state index in [1.807, 2.05) is 36.8 Å². The van der Waals surface area contributed by atoms with Gasteiger partial charge in [0.05, 0.1) is 27.7 Å². The van der Waals surface area contributed by atoms with Crippen LogP contribution in [0.3, 0.4) is 0 Å². The molecular formula is C28H31ClFN5O3. The third kappa shape index (κ3) is 5.15. The number of nitrogens with zero attached hydrogens (tertiary/aromatic N) is 5. The van der Waals surface area contributed by atoms with Gasteiger partial charge in [-0.25, -0.2) is 19.2 Å². The number of fused-ring (bicyclic) bond motifs is 1. The first-order chi connectivity index (χ1) is 17.8. The van der Waals surface area contributed by atoms with Gasteiger partial charge in [0, 0.05) is 44.8 Å². The van der Waals surface area contributed by atoms with Gasteiger partial charge in [-0.3, -0.25) is 4.79 Å². The maximum Gasteiger partial charge on any atom is 0.337 e. The zero-order chi connectivity index (χ0) is 27.9. The Morgan fingerprint density at radius 3 is 2.45 bits per heavy atom. The lowest BCUT2D eigenvalue weighted by atomic mass is 9.91. The highest BCUT2D eigenvalue weighted by atomic mass is 35.5. The van der Waals surface area contributed by atoms with Crippen molar-refractivity contribution in [2.24, 2.45) is 0 Å². The van der Waals surface area contributed by atoms with Crippen molar-refractivity contribution in [3.63, 3.8) is 0 Å². The SMILES string of the molecule is Cc1cc(N(C)CCN(C)C(=O)c2ccc3c(n2)C(C)(C)CN3c2ccc(Cl)c(F)c2)nc(C)c1C(=O)O. The Morgan fingerprint density at radius 1 is 1.11 bits per heavy atom. The fourth-order valence-electron chi connectivity index (χ4n) is 4.77. The molecule has 1 aliphatic heterocycles. The molecule has 0 aliphatic carbocycles. The fraction of sp³-hybridized carbons (Fsp3) is 0.357. The lowest BCUT2D eigenvalue weighted by molar-refractivity contribution is 0.0694. The normalized spacial score (nSPS) is 13.8. The van der Waals surface area contributed by atoms with Crippen LogP contribution in [0.25, 0.3) is 0 Å². The number of rotatable bonds is 7. The molecule has 1 N–H and O–H groups in total. The number of likely N-dealkylation sites (N-methyl/N-ethyl adjacent to an activating group) is 2. The number of pyridine rings is 2. The second-order valence-corrected chi connectivity index (χ2v) is 10.8. The van der Waals surface area contributed by atoms with E-state index in [9.17, 15) is 19.1 Å². The number of carboxylic acid groups (broad SMARTS) is 1. The van der Waals surface area contributed by atoms with Gasteiger partial charge in [0.15, 0.2) is 0 Å². The largest absolute Gasteiger partial charge is 0.478 e. The third-order valence-corrected chi connectivity index (χ3v) is 7.21. The molecule has 0 atom stereocenters. The molecular weight excluding hydrogens is 509 g/mol. The molecule has 2 aromatic heterocycles. The third-order valence-electron chi connectivity index (χ3n) is 6.90. The molecule has 200 valence electrons. The van der Waals surface area contributed by atoms with Crippen molar-refractivity contribution in [1.29, 1.82) is 0 Å². The maximum absolute atomic E-state index is 14.1. The van der Waals surface area contributed by atoms with Crippen LogP contribution in [0.15, 0.2) is 36.4 Å². The van der Waals surface area contributed by atoms with Crippen LogP contribution in [0.1, 0.15) is 51.6 Å². The van der Waals surface area contributed by atoms with E-state index < -0.39 is 11.8 Å². The number of amides is 1. The van der Waals surface area contributed by atoms with Gasteiger partial charge >= 0.3 is 5.97 Å². The van der Waals surface area contributed by atoms with Crippen LogP contribution in [-0.2, 0) is 5.41 Å². The molecule has 1 aromatic carbocycles. The summed E-state index contributed by atoms with van der Waals surface area (Å²) in [5, 5.41) is 9.45. The zero-order valence-electron chi connectivity index (χ0n) is 22.3. The number of benzene rings is 1. The minimum atomic E-state index is -1.000. The highest BCUT2D eigenvalue weighted by Crippen LogP contribution is 2.43. The average molecular weight is 540 g/mol. The Labute approximate surface area is 226 Å². The Kier molecular flexibility index (Phi) is 7.34. The summed E-state index contributed by atoms with van der Waals surface area (Å²) in [5.74, 6) is -1.06. The average Bonchev–Trinajstić information content (AvgIpc) is 3.12. The van der Waals surface area contributed by atoms with Crippen LogP contribution < -0.4 is 9.80 Å². The molecule has 10 heteroatoms. The zero-order valence-corrected chi connectivity index (χ0v) is 23.1. The van der Waals surface area contributed by atoms with Crippen LogP contribution in [-0.4, -0.2) is 65.6 Å². The Bertz CT molecular complexity index is 1400. The van der Waals surface area contributed by atoms with Gasteiger partial charge in [0.2, 0.25) is 0 Å². The first kappa shape index (κ1) is 27.3. The summed E-state index contributed by atoms with van der Waals surface area (Å²) in [6, 6.07) is 10.0. The highest BCUT2D eigenvalue weighted by Gasteiger charge is 2.38. The summed E-state index contributed by atoms with van der Waals surface area (Å²) in [6.45, 7) is 9.00. The molecule has 3 aromatic rings. The van der Waals surface area contributed by atoms with Crippen LogP contribution in [0, 0.1) is 19.7 Å². The number of carbonyl (C=O) groups excluding carboxylic acids is 1. The molecule has 1 aliphatic rings. The van der Waals surface area contributed by atoms with Crippen molar-refractivity contribution in [3.05, 3.63) is 75.4 Å². The van der Waals surface area contributed by atoms with Crippen molar-refractivity contribution >= 4 is 40.7 Å². The van der Waals surface area contributed by atoms with Gasteiger partial charge in [-0.05, 0) is 55.8 Å². The van der Waals surface area contributed by atoms with E-state index in [0.717, 1.165) is 11.4 Å². The summed E-state index contributed by atoms with van der Waals surface area (Å²) in [7, 11) is 3.57. The van der Waals surface area contributed by atoms with Crippen molar-refractivity contribution in [2.45, 2.75) is 33.1 Å². The first-order valence-electron chi connectivity index (χ1n) is 12.2. The first-order valence-corrected chi connectivity index (χ1v) is 12.6. The predicted octanol–water partition coefficient (Wildman–Crippen LogP) is 5.22. The molecule has 0 unspecified atom stereocenters. The van der Waals surface area contributed by atoms with Crippen molar-refractivity contribution in [1.82, 2.24) is 14.9 Å². The van der Waals surface area contributed by atoms with Gasteiger partial charge in [0.1, 0.15) is 17.3 Å². The lowest BCUT2D eigenvalue weighted by Crippen LogP contribution is -2.35. The number of halogens is 2. The van der Waals surface area contributed by atoms with E-state index in [0.29, 0.717) is 48.1 Å². The molecule has 0 spiro atoms. The van der Waals surface area contributed by atoms with E-state index >= 15 is 0 Å². The molecule has 8 nitrogen and oxygen atoms in total. The van der Waals surface area contributed by atoms with Crippen molar-refractivity contribution in [2.75, 3.05) is 43.5 Å². The van der Waals surface area contributed by atoms with Gasteiger partial charge in [-0.15, -0.1) is 0 Å². The van der Waals surface area contributed by atoms with Crippen molar-refractivity contribution < 1.29 is 19.1 Å². The fourth-order valence-corrected chi connectivity index (χ4v) is 4.88. The topological polar surface area (TPSA) is 89.9 Å². The minimum absolute atomic E-state index is 0.0681. The summed E-state index contributed by atoms with van der Waals surface area (Å²) in [5.41, 5.74) is 3.55. The Morgan fingerprint density at radius 2 is 1.82 bits per heavy atom. The minimum Gasteiger partial charge on any atom is -0.478 e. The van der Waals surface area contributed by atoms with Crippen LogP contribution in [0.4, 0.5) is 21.6 Å². The number of anilines is 3. The quantitative estimate of drug-likeness (QED) is 0.440. The predicted molar refractivity (Wildman–Crippen MR) is 147 cm³/mol. The number of aromatic carboxylic acids is 1. The standard InChI is InChI=1S/C28H31ClFN5O3/c1-16-13-23(31-17(2)24(16)27(37)38)33(5)11-12-34(6)26(36)21-9-10-22-25(32-21)28(3,4)15-35(22)18-7-8-19(29)20(30)14-18/h7-10,13-14H,11-12,15H2,1-6H3,(H,37,38). The molecule has 3 heterocycles. The summed E-state index contributed by atoms with van der Waals surface area (Å²) < 4.78 is 14.1. The second kappa shape index (κ2) is 10.2. The smallest absolute Gasteiger partial charge is 0.337 e. The number of carboxylic acids is 1. The maximum atomic E-state index is 14.1. The lowest BCUT2D eigenvalue weighted by Gasteiger charge is -2.24. The summed E-state index contributed by atoms with van der Waals surface area (Å²) >= 11 is 5.86. The van der Waals surface area contributed by atoms with E-state index in [1.165, 1.54) is 12.1 Å². The van der Waals surface area contributed by atoms with Gasteiger partial charge < -0.3 is 19.8 Å². The van der Waals surface area contributed by atoms with Crippen LogP contribution >= 0.6 is 11.6 Å². The molecule has 0 radical (unpaired) electrons. The summed E-state index contributed by atoms with van der Waals surface area (Å²) in [6.07, 6.45) is 0. The Hall–Kier alpha value is -3.72. The monoisotopic (exact) mass is 539 g/mol. The van der Waals surface area contributed by atoms with E-state index in [-0.39, 0.29) is 21.9 Å². The number of aryl methyl sites for hydroxylation is 2. The molecule has 0 saturated heterocycles. The molecule has 38 heavy (non-hydrogen) atoms. The van der Waals surface area contributed by atoms with Crippen LogP contribution in [0.5, 0.6) is 0 Å². The molecule has 0 fully saturated rings. The van der Waals surface area contributed by atoms with E-state index in [2.05, 4.69) is 4.98 Å². The van der Waals surface area contributed by atoms with Gasteiger partial charge in [-0.2, -0.15) is 0 Å². The number of aromatic nitrogens is 2. The molecule has 0 saturated carbocycles. The van der Waals surface area contributed by atoms with E-state index in [1.54, 1.807) is 44.0 Å². The number of carbonyl (C=O) groups is 2. The molecule has 4 rings (SSSR count). The van der Waals surface area contributed by atoms with Crippen molar-refractivity contribution in [3.8, 4) is 0 Å². The number of hydrogen-bond acceptors (Lipinski definition) is 6. The summed E-state index contributed by atoms with van der Waals surface area (Å²) in [4.78, 5) is 39.3. The molecule has 1 amide bonds. The van der Waals surface area contributed by atoms with Gasteiger partial charge in [0.25, 0.3) is 5.91 Å². The highest BCUT2D eigenvalue weighted by molar-refractivity contribution is 6.30. The number of hydrogen-bond donors (Lipinski definition) is 1. The van der Waals surface area contributed by atoms with Gasteiger partial charge in [-0.1, -0.05) is 25.4 Å². The second-order valence-electron chi connectivity index (χ2n) is 10.3. The van der Waals surface area contributed by atoms with Crippen LogP contribution in [0.2, 0.25) is 5.02 Å². The van der Waals surface area contributed by atoms with E-state index in [4.69, 9.17) is 16.6 Å².